The molecule has 2 heterocycles. The van der Waals surface area contributed by atoms with Crippen LogP contribution in [-0.2, 0) is 4.74 Å². The van der Waals surface area contributed by atoms with Gasteiger partial charge in [0.05, 0.1) is 6.54 Å². The third-order valence-electron chi connectivity index (χ3n) is 2.70. The standard InChI is InChI=1S/C11H15N3O3S/c1-7-8(12)6-9(18-7)10(15)17-5-4-14-3-2-13-11(14)16/h6H,2-5,12H2,1H3,(H,13,16). The Morgan fingerprint density at radius 1 is 1.67 bits per heavy atom. The molecule has 1 aromatic heterocycles. The van der Waals surface area contributed by atoms with Crippen LogP contribution in [-0.4, -0.2) is 43.1 Å². The Labute approximate surface area is 109 Å². The number of urea groups is 1. The van der Waals surface area contributed by atoms with Crippen LogP contribution in [0.2, 0.25) is 0 Å². The molecule has 0 unspecified atom stereocenters. The molecular formula is C11H15N3O3S. The number of thiophene rings is 1. The minimum absolute atomic E-state index is 0.109. The Kier molecular flexibility index (Phi) is 3.71. The highest BCUT2D eigenvalue weighted by molar-refractivity contribution is 7.14. The average Bonchev–Trinajstić information content (AvgIpc) is 2.87. The highest BCUT2D eigenvalue weighted by Crippen LogP contribution is 2.23. The molecule has 6 nitrogen and oxygen atoms in total. The first-order valence-corrected chi connectivity index (χ1v) is 6.45. The first-order chi connectivity index (χ1) is 8.58. The lowest BCUT2D eigenvalue weighted by atomic mass is 10.4. The van der Waals surface area contributed by atoms with Gasteiger partial charge < -0.3 is 20.7 Å². The first-order valence-electron chi connectivity index (χ1n) is 5.63. The summed E-state index contributed by atoms with van der Waals surface area (Å²) in [6, 6.07) is 1.51. The van der Waals surface area contributed by atoms with Crippen molar-refractivity contribution in [3.8, 4) is 0 Å². The van der Waals surface area contributed by atoms with E-state index in [9.17, 15) is 9.59 Å². The molecule has 7 heteroatoms. The fourth-order valence-corrected chi connectivity index (χ4v) is 2.48. The van der Waals surface area contributed by atoms with E-state index in [0.29, 0.717) is 30.2 Å². The largest absolute Gasteiger partial charge is 0.460 e. The van der Waals surface area contributed by atoms with Crippen molar-refractivity contribution < 1.29 is 14.3 Å². The summed E-state index contributed by atoms with van der Waals surface area (Å²) in [4.78, 5) is 25.9. The van der Waals surface area contributed by atoms with Crippen LogP contribution in [0.5, 0.6) is 0 Å². The van der Waals surface area contributed by atoms with Gasteiger partial charge in [-0.3, -0.25) is 0 Å². The van der Waals surface area contributed by atoms with E-state index in [1.807, 2.05) is 6.92 Å². The molecule has 0 aromatic carbocycles. The quantitative estimate of drug-likeness (QED) is 0.793. The van der Waals surface area contributed by atoms with Crippen LogP contribution >= 0.6 is 11.3 Å². The normalized spacial score (nSPS) is 14.7. The fourth-order valence-electron chi connectivity index (χ4n) is 1.64. The molecule has 0 saturated carbocycles. The lowest BCUT2D eigenvalue weighted by Crippen LogP contribution is -2.31. The van der Waals surface area contributed by atoms with E-state index in [1.54, 1.807) is 11.0 Å². The molecule has 2 amide bonds. The Balaban J connectivity index is 1.80. The van der Waals surface area contributed by atoms with Gasteiger partial charge in [-0.15, -0.1) is 11.3 Å². The maximum atomic E-state index is 11.7. The predicted octanol–water partition coefficient (Wildman–Crippen LogP) is 0.821. The van der Waals surface area contributed by atoms with Crippen molar-refractivity contribution in [1.82, 2.24) is 10.2 Å². The number of nitrogens with zero attached hydrogens (tertiary/aromatic N) is 1. The Morgan fingerprint density at radius 2 is 2.44 bits per heavy atom. The zero-order valence-corrected chi connectivity index (χ0v) is 10.9. The van der Waals surface area contributed by atoms with E-state index >= 15 is 0 Å². The number of ether oxygens (including phenoxy) is 1. The molecule has 98 valence electrons. The molecule has 1 fully saturated rings. The van der Waals surface area contributed by atoms with Gasteiger partial charge >= 0.3 is 12.0 Å². The molecule has 18 heavy (non-hydrogen) atoms. The van der Waals surface area contributed by atoms with Crippen molar-refractivity contribution in [2.45, 2.75) is 6.92 Å². The number of aryl methyl sites for hydroxylation is 1. The van der Waals surface area contributed by atoms with Gasteiger partial charge in [-0.2, -0.15) is 0 Å². The van der Waals surface area contributed by atoms with Gasteiger partial charge in [0.25, 0.3) is 0 Å². The number of amides is 2. The fraction of sp³-hybridized carbons (Fsp3) is 0.455. The van der Waals surface area contributed by atoms with Gasteiger partial charge in [0.2, 0.25) is 0 Å². The number of nitrogen functional groups attached to an aromatic ring is 1. The molecular weight excluding hydrogens is 254 g/mol. The van der Waals surface area contributed by atoms with E-state index in [2.05, 4.69) is 5.32 Å². The number of nitrogens with one attached hydrogen (secondary N) is 1. The predicted molar refractivity (Wildman–Crippen MR) is 68.7 cm³/mol. The number of esters is 1. The summed E-state index contributed by atoms with van der Waals surface area (Å²) < 4.78 is 5.10. The minimum Gasteiger partial charge on any atom is -0.460 e. The number of nitrogens with two attached hydrogens (primary N) is 1. The van der Waals surface area contributed by atoms with Gasteiger partial charge in [-0.25, -0.2) is 9.59 Å². The molecule has 0 bridgehead atoms. The summed E-state index contributed by atoms with van der Waals surface area (Å²) in [7, 11) is 0. The lowest BCUT2D eigenvalue weighted by molar-refractivity contribution is 0.0487. The molecule has 1 aromatic rings. The monoisotopic (exact) mass is 269 g/mol. The third-order valence-corrected chi connectivity index (χ3v) is 3.74. The zero-order chi connectivity index (χ0) is 13.1. The van der Waals surface area contributed by atoms with Gasteiger partial charge in [0.1, 0.15) is 11.5 Å². The summed E-state index contributed by atoms with van der Waals surface area (Å²) >= 11 is 1.31. The van der Waals surface area contributed by atoms with Crippen molar-refractivity contribution >= 4 is 29.0 Å². The van der Waals surface area contributed by atoms with Gasteiger partial charge in [0.15, 0.2) is 0 Å². The minimum atomic E-state index is -0.389. The Bertz CT molecular complexity index is 453. The second kappa shape index (κ2) is 5.26. The highest BCUT2D eigenvalue weighted by Gasteiger charge is 2.19. The van der Waals surface area contributed by atoms with Gasteiger partial charge in [-0.1, -0.05) is 0 Å². The van der Waals surface area contributed by atoms with Gasteiger partial charge in [0, 0.05) is 23.7 Å². The maximum Gasteiger partial charge on any atom is 0.348 e. The number of anilines is 1. The molecule has 3 N–H and O–H groups in total. The van der Waals surface area contributed by atoms with Crippen molar-refractivity contribution in [2.24, 2.45) is 0 Å². The molecule has 1 aliphatic rings. The number of carbonyl (C=O) groups excluding carboxylic acids is 2. The van der Waals surface area contributed by atoms with E-state index < -0.39 is 0 Å². The zero-order valence-electron chi connectivity index (χ0n) is 10.1. The molecule has 1 aliphatic heterocycles. The summed E-state index contributed by atoms with van der Waals surface area (Å²) in [5.74, 6) is -0.389. The van der Waals surface area contributed by atoms with E-state index in [0.717, 1.165) is 4.88 Å². The second-order valence-corrected chi connectivity index (χ2v) is 5.23. The number of carbonyl (C=O) groups is 2. The van der Waals surface area contributed by atoms with Crippen molar-refractivity contribution in [3.63, 3.8) is 0 Å². The second-order valence-electron chi connectivity index (χ2n) is 3.98. The highest BCUT2D eigenvalue weighted by atomic mass is 32.1. The lowest BCUT2D eigenvalue weighted by Gasteiger charge is -2.13. The molecule has 0 radical (unpaired) electrons. The summed E-state index contributed by atoms with van der Waals surface area (Å²) in [6.07, 6.45) is 0. The van der Waals surface area contributed by atoms with Crippen molar-refractivity contribution in [3.05, 3.63) is 15.8 Å². The number of rotatable bonds is 4. The van der Waals surface area contributed by atoms with E-state index in [-0.39, 0.29) is 18.6 Å². The van der Waals surface area contributed by atoms with Crippen LogP contribution in [0, 0.1) is 6.92 Å². The smallest absolute Gasteiger partial charge is 0.348 e. The van der Waals surface area contributed by atoms with Crippen LogP contribution in [0.3, 0.4) is 0 Å². The molecule has 0 aliphatic carbocycles. The van der Waals surface area contributed by atoms with Crippen LogP contribution in [0.4, 0.5) is 10.5 Å². The third kappa shape index (κ3) is 2.73. The topological polar surface area (TPSA) is 84.7 Å². The van der Waals surface area contributed by atoms with Crippen molar-refractivity contribution in [1.29, 1.82) is 0 Å². The molecule has 0 spiro atoms. The molecule has 1 saturated heterocycles. The SMILES string of the molecule is Cc1sc(C(=O)OCCN2CCNC2=O)cc1N. The summed E-state index contributed by atoms with van der Waals surface area (Å²) in [6.45, 7) is 3.76. The van der Waals surface area contributed by atoms with E-state index in [4.69, 9.17) is 10.5 Å². The molecule has 2 rings (SSSR count). The maximum absolute atomic E-state index is 11.7. The van der Waals surface area contributed by atoms with E-state index in [1.165, 1.54) is 11.3 Å². The van der Waals surface area contributed by atoms with Crippen molar-refractivity contribution in [2.75, 3.05) is 32.0 Å². The van der Waals surface area contributed by atoms with Crippen LogP contribution < -0.4 is 11.1 Å². The first kappa shape index (κ1) is 12.7. The number of hydrogen-bond donors (Lipinski definition) is 2. The summed E-state index contributed by atoms with van der Waals surface area (Å²) in [5, 5.41) is 2.68. The Morgan fingerprint density at radius 3 is 3.00 bits per heavy atom. The van der Waals surface area contributed by atoms with Crippen LogP contribution in [0.1, 0.15) is 14.5 Å². The molecule has 0 atom stereocenters. The van der Waals surface area contributed by atoms with Crippen LogP contribution in [0.15, 0.2) is 6.07 Å². The number of hydrogen-bond acceptors (Lipinski definition) is 5. The summed E-state index contributed by atoms with van der Waals surface area (Å²) in [5.41, 5.74) is 6.27. The van der Waals surface area contributed by atoms with Crippen LogP contribution in [0.25, 0.3) is 0 Å². The van der Waals surface area contributed by atoms with Gasteiger partial charge in [-0.05, 0) is 13.0 Å². The Hall–Kier alpha value is -1.76. The average molecular weight is 269 g/mol.